The predicted octanol–water partition coefficient (Wildman–Crippen LogP) is 4.16. The van der Waals surface area contributed by atoms with E-state index in [0.717, 1.165) is 35.2 Å². The Hall–Kier alpha value is -3.15. The second-order valence-electron chi connectivity index (χ2n) is 8.65. The van der Waals surface area contributed by atoms with Gasteiger partial charge in [0.1, 0.15) is 0 Å². The molecule has 3 rings (SSSR count). The molecule has 1 aliphatic heterocycles. The van der Waals surface area contributed by atoms with E-state index in [1.165, 1.54) is 0 Å². The van der Waals surface area contributed by atoms with Crippen molar-refractivity contribution in [3.05, 3.63) is 64.7 Å². The van der Waals surface area contributed by atoms with E-state index in [1.54, 1.807) is 16.7 Å². The normalized spacial score (nSPS) is 15.9. The van der Waals surface area contributed by atoms with Crippen LogP contribution < -0.4 is 5.32 Å². The van der Waals surface area contributed by atoms with Crippen molar-refractivity contribution in [1.29, 1.82) is 0 Å². The monoisotopic (exact) mass is 435 g/mol. The van der Waals surface area contributed by atoms with Crippen LogP contribution in [0.4, 0.5) is 5.69 Å². The van der Waals surface area contributed by atoms with Gasteiger partial charge in [0.15, 0.2) is 0 Å². The summed E-state index contributed by atoms with van der Waals surface area (Å²) in [5.74, 6) is -0.362. The van der Waals surface area contributed by atoms with E-state index in [4.69, 9.17) is 0 Å². The standard InChI is InChI=1S/C26H33N3O3/c1-5-28(20(4)30)16-21-9-6-7-11-24(21)27-25(31)22-10-8-12-29(17-22)26(32)23-14-18(2)13-19(3)15-23/h6-7,9,11,13-15,22H,5,8,10,12,16-17H2,1-4H3,(H,27,31). The van der Waals surface area contributed by atoms with Crippen LogP contribution in [-0.2, 0) is 16.1 Å². The van der Waals surface area contributed by atoms with Gasteiger partial charge in [-0.15, -0.1) is 0 Å². The Labute approximate surface area is 190 Å². The molecule has 1 N–H and O–H groups in total. The fourth-order valence-electron chi connectivity index (χ4n) is 4.32. The summed E-state index contributed by atoms with van der Waals surface area (Å²) in [4.78, 5) is 41.5. The maximum Gasteiger partial charge on any atom is 0.253 e. The van der Waals surface area contributed by atoms with Crippen molar-refractivity contribution in [3.63, 3.8) is 0 Å². The van der Waals surface area contributed by atoms with Gasteiger partial charge >= 0.3 is 0 Å². The highest BCUT2D eigenvalue weighted by Gasteiger charge is 2.29. The Kier molecular flexibility index (Phi) is 7.67. The molecule has 1 fully saturated rings. The molecule has 0 aliphatic carbocycles. The molecule has 32 heavy (non-hydrogen) atoms. The fourth-order valence-corrected chi connectivity index (χ4v) is 4.32. The van der Waals surface area contributed by atoms with Crippen LogP contribution in [0.2, 0.25) is 0 Å². The number of nitrogens with zero attached hydrogens (tertiary/aromatic N) is 2. The number of carbonyl (C=O) groups is 3. The number of anilines is 1. The number of carbonyl (C=O) groups excluding carboxylic acids is 3. The Morgan fingerprint density at radius 3 is 2.44 bits per heavy atom. The van der Waals surface area contributed by atoms with Crippen LogP contribution in [-0.4, -0.2) is 47.2 Å². The third kappa shape index (κ3) is 5.75. The lowest BCUT2D eigenvalue weighted by atomic mass is 9.95. The summed E-state index contributed by atoms with van der Waals surface area (Å²) >= 11 is 0. The number of aryl methyl sites for hydroxylation is 2. The lowest BCUT2D eigenvalue weighted by molar-refractivity contribution is -0.129. The van der Waals surface area contributed by atoms with Gasteiger partial charge in [0, 0.05) is 44.4 Å². The molecular formula is C26H33N3O3. The predicted molar refractivity (Wildman–Crippen MR) is 126 cm³/mol. The molecule has 3 amide bonds. The number of hydrogen-bond donors (Lipinski definition) is 1. The largest absolute Gasteiger partial charge is 0.339 e. The summed E-state index contributed by atoms with van der Waals surface area (Å²) in [5, 5.41) is 3.05. The van der Waals surface area contributed by atoms with Crippen LogP contribution in [0.25, 0.3) is 0 Å². The van der Waals surface area contributed by atoms with Gasteiger partial charge in [-0.25, -0.2) is 0 Å². The Morgan fingerprint density at radius 2 is 1.78 bits per heavy atom. The molecule has 0 radical (unpaired) electrons. The molecule has 0 saturated carbocycles. The minimum absolute atomic E-state index is 0.00134. The number of nitrogens with one attached hydrogen (secondary N) is 1. The molecule has 1 atom stereocenters. The van der Waals surface area contributed by atoms with E-state index < -0.39 is 0 Å². The maximum absolute atomic E-state index is 13.1. The number of likely N-dealkylation sites (tertiary alicyclic amines) is 1. The van der Waals surface area contributed by atoms with Gasteiger partial charge in [-0.05, 0) is 57.4 Å². The van der Waals surface area contributed by atoms with Gasteiger partial charge in [-0.3, -0.25) is 14.4 Å². The number of benzene rings is 2. The summed E-state index contributed by atoms with van der Waals surface area (Å²) in [7, 11) is 0. The van der Waals surface area contributed by atoms with Crippen LogP contribution in [0, 0.1) is 19.8 Å². The van der Waals surface area contributed by atoms with Crippen LogP contribution in [0.3, 0.4) is 0 Å². The molecule has 2 aromatic rings. The molecule has 0 aromatic heterocycles. The second kappa shape index (κ2) is 10.4. The van der Waals surface area contributed by atoms with E-state index in [1.807, 2.05) is 63.2 Å². The zero-order valence-corrected chi connectivity index (χ0v) is 19.5. The molecular weight excluding hydrogens is 402 g/mol. The first-order chi connectivity index (χ1) is 15.3. The Balaban J connectivity index is 1.70. The van der Waals surface area contributed by atoms with Crippen molar-refractivity contribution in [1.82, 2.24) is 9.80 Å². The first-order valence-electron chi connectivity index (χ1n) is 11.3. The molecule has 6 nitrogen and oxygen atoms in total. The number of piperidine rings is 1. The average molecular weight is 436 g/mol. The lowest BCUT2D eigenvalue weighted by Crippen LogP contribution is -2.43. The van der Waals surface area contributed by atoms with E-state index in [-0.39, 0.29) is 23.6 Å². The van der Waals surface area contributed by atoms with Gasteiger partial charge in [-0.1, -0.05) is 35.4 Å². The first-order valence-corrected chi connectivity index (χ1v) is 11.3. The summed E-state index contributed by atoms with van der Waals surface area (Å²) in [6.45, 7) is 9.59. The fraction of sp³-hybridized carbons (Fsp3) is 0.423. The maximum atomic E-state index is 13.1. The SMILES string of the molecule is CCN(Cc1ccccc1NC(=O)C1CCCN(C(=O)c2cc(C)cc(C)c2)C1)C(C)=O. The van der Waals surface area contributed by atoms with Crippen LogP contribution in [0.15, 0.2) is 42.5 Å². The van der Waals surface area contributed by atoms with Crippen LogP contribution >= 0.6 is 0 Å². The second-order valence-corrected chi connectivity index (χ2v) is 8.65. The zero-order chi connectivity index (χ0) is 23.3. The van der Waals surface area contributed by atoms with Crippen molar-refractivity contribution in [2.45, 2.75) is 47.1 Å². The molecule has 1 unspecified atom stereocenters. The number of amides is 3. The van der Waals surface area contributed by atoms with E-state index >= 15 is 0 Å². The first kappa shape index (κ1) is 23.5. The molecule has 1 aliphatic rings. The van der Waals surface area contributed by atoms with Crippen LogP contribution in [0.1, 0.15) is 53.7 Å². The average Bonchev–Trinajstić information content (AvgIpc) is 2.77. The molecule has 2 aromatic carbocycles. The summed E-state index contributed by atoms with van der Waals surface area (Å²) in [6.07, 6.45) is 1.55. The smallest absolute Gasteiger partial charge is 0.253 e. The number of para-hydroxylation sites is 1. The zero-order valence-electron chi connectivity index (χ0n) is 19.5. The summed E-state index contributed by atoms with van der Waals surface area (Å²) < 4.78 is 0. The molecule has 1 saturated heterocycles. The molecule has 1 heterocycles. The number of rotatable bonds is 6. The lowest BCUT2D eigenvalue weighted by Gasteiger charge is -2.32. The van der Waals surface area contributed by atoms with E-state index in [9.17, 15) is 14.4 Å². The molecule has 0 spiro atoms. The van der Waals surface area contributed by atoms with Gasteiger partial charge in [0.05, 0.1) is 5.92 Å². The number of hydrogen-bond acceptors (Lipinski definition) is 3. The van der Waals surface area contributed by atoms with Gasteiger partial charge in [-0.2, -0.15) is 0 Å². The minimum atomic E-state index is -0.262. The van der Waals surface area contributed by atoms with Crippen molar-refractivity contribution in [3.8, 4) is 0 Å². The minimum Gasteiger partial charge on any atom is -0.339 e. The third-order valence-electron chi connectivity index (χ3n) is 6.01. The molecule has 6 heteroatoms. The Bertz CT molecular complexity index is 981. The van der Waals surface area contributed by atoms with Gasteiger partial charge in [0.25, 0.3) is 5.91 Å². The van der Waals surface area contributed by atoms with Crippen LogP contribution in [0.5, 0.6) is 0 Å². The Morgan fingerprint density at radius 1 is 1.09 bits per heavy atom. The van der Waals surface area contributed by atoms with Crippen molar-refractivity contribution in [2.24, 2.45) is 5.92 Å². The topological polar surface area (TPSA) is 69.7 Å². The highest BCUT2D eigenvalue weighted by molar-refractivity contribution is 5.97. The van der Waals surface area contributed by atoms with Crippen molar-refractivity contribution >= 4 is 23.4 Å². The molecule has 0 bridgehead atoms. The highest BCUT2D eigenvalue weighted by atomic mass is 16.2. The van der Waals surface area contributed by atoms with Crippen molar-refractivity contribution in [2.75, 3.05) is 25.0 Å². The summed E-state index contributed by atoms with van der Waals surface area (Å²) in [5.41, 5.74) is 4.41. The molecule has 170 valence electrons. The van der Waals surface area contributed by atoms with E-state index in [0.29, 0.717) is 31.7 Å². The highest BCUT2D eigenvalue weighted by Crippen LogP contribution is 2.23. The van der Waals surface area contributed by atoms with Gasteiger partial charge in [0.2, 0.25) is 11.8 Å². The van der Waals surface area contributed by atoms with E-state index in [2.05, 4.69) is 5.32 Å². The van der Waals surface area contributed by atoms with Gasteiger partial charge < -0.3 is 15.1 Å². The quantitative estimate of drug-likeness (QED) is 0.741. The van der Waals surface area contributed by atoms with Crippen molar-refractivity contribution < 1.29 is 14.4 Å². The third-order valence-corrected chi connectivity index (χ3v) is 6.01. The summed E-state index contributed by atoms with van der Waals surface area (Å²) in [6, 6.07) is 13.4.